The number of benzene rings is 1. The summed E-state index contributed by atoms with van der Waals surface area (Å²) in [6.07, 6.45) is -0.0222. The van der Waals surface area contributed by atoms with Crippen LogP contribution in [0.2, 0.25) is 0 Å². The van der Waals surface area contributed by atoms with Crippen molar-refractivity contribution in [3.63, 3.8) is 0 Å². The average molecular weight is 320 g/mol. The van der Waals surface area contributed by atoms with E-state index in [4.69, 9.17) is 13.9 Å². The monoisotopic (exact) mass is 320 g/mol. The third kappa shape index (κ3) is 2.98. The molecule has 23 heavy (non-hydrogen) atoms. The number of esters is 1. The molecule has 8 nitrogen and oxygen atoms in total. The Balaban J connectivity index is 2.12. The van der Waals surface area contributed by atoms with Crippen molar-refractivity contribution in [1.82, 2.24) is 0 Å². The number of anilines is 1. The van der Waals surface area contributed by atoms with Crippen molar-refractivity contribution in [1.29, 1.82) is 0 Å². The molecule has 1 aromatic heterocycles. The van der Waals surface area contributed by atoms with Crippen molar-refractivity contribution in [3.8, 4) is 0 Å². The van der Waals surface area contributed by atoms with Crippen LogP contribution in [0.4, 0.5) is 11.4 Å². The van der Waals surface area contributed by atoms with E-state index in [1.54, 1.807) is 6.07 Å². The predicted octanol–water partition coefficient (Wildman–Crippen LogP) is 1.89. The van der Waals surface area contributed by atoms with Gasteiger partial charge < -0.3 is 18.8 Å². The zero-order valence-electron chi connectivity index (χ0n) is 12.6. The molecule has 1 aliphatic rings. The summed E-state index contributed by atoms with van der Waals surface area (Å²) in [6, 6.07) is 4.42. The number of nitro benzene ring substituents is 1. The van der Waals surface area contributed by atoms with E-state index < -0.39 is 10.9 Å². The first-order valence-electron chi connectivity index (χ1n) is 7.19. The predicted molar refractivity (Wildman–Crippen MR) is 81.6 cm³/mol. The van der Waals surface area contributed by atoms with Gasteiger partial charge in [0.1, 0.15) is 17.8 Å². The minimum Gasteiger partial charge on any atom is -0.469 e. The summed E-state index contributed by atoms with van der Waals surface area (Å²) in [4.78, 5) is 24.2. The maximum atomic E-state index is 11.6. The molecule has 0 unspecified atom stereocenters. The first kappa shape index (κ1) is 15.3. The van der Waals surface area contributed by atoms with Crippen molar-refractivity contribution in [2.75, 3.05) is 38.3 Å². The topological polar surface area (TPSA) is 95.0 Å². The lowest BCUT2D eigenvalue weighted by atomic mass is 10.1. The maximum absolute atomic E-state index is 11.6. The summed E-state index contributed by atoms with van der Waals surface area (Å²) in [5, 5.41) is 11.7. The van der Waals surface area contributed by atoms with Crippen LogP contribution in [0.5, 0.6) is 0 Å². The molecule has 0 bridgehead atoms. The number of morpholine rings is 1. The van der Waals surface area contributed by atoms with Gasteiger partial charge in [0, 0.05) is 25.2 Å². The molecule has 8 heteroatoms. The zero-order chi connectivity index (χ0) is 16.4. The van der Waals surface area contributed by atoms with Crippen LogP contribution in [-0.4, -0.2) is 44.3 Å². The highest BCUT2D eigenvalue weighted by molar-refractivity contribution is 5.95. The molecule has 2 aromatic rings. The van der Waals surface area contributed by atoms with Crippen molar-refractivity contribution < 1.29 is 23.6 Å². The summed E-state index contributed by atoms with van der Waals surface area (Å²) in [7, 11) is 1.31. The number of hydrogen-bond acceptors (Lipinski definition) is 7. The number of rotatable bonds is 4. The second kappa shape index (κ2) is 6.25. The van der Waals surface area contributed by atoms with Crippen LogP contribution in [0.1, 0.15) is 5.76 Å². The van der Waals surface area contributed by atoms with Crippen molar-refractivity contribution in [2.24, 2.45) is 0 Å². The first-order valence-corrected chi connectivity index (χ1v) is 7.19. The fraction of sp³-hybridized carbons (Fsp3) is 0.400. The van der Waals surface area contributed by atoms with Gasteiger partial charge in [-0.25, -0.2) is 0 Å². The van der Waals surface area contributed by atoms with Gasteiger partial charge in [0.2, 0.25) is 0 Å². The van der Waals surface area contributed by atoms with Crippen LogP contribution in [0.25, 0.3) is 11.0 Å². The number of hydrogen-bond donors (Lipinski definition) is 0. The van der Waals surface area contributed by atoms with Crippen LogP contribution < -0.4 is 4.90 Å². The van der Waals surface area contributed by atoms with E-state index in [0.717, 1.165) is 0 Å². The van der Waals surface area contributed by atoms with E-state index in [2.05, 4.69) is 0 Å². The Bertz CT molecular complexity index is 748. The highest BCUT2D eigenvalue weighted by Crippen LogP contribution is 2.37. The Hall–Kier alpha value is -2.61. The fourth-order valence-corrected chi connectivity index (χ4v) is 2.69. The fourth-order valence-electron chi connectivity index (χ4n) is 2.69. The quantitative estimate of drug-likeness (QED) is 0.482. The molecule has 3 rings (SSSR count). The number of carbonyl (C=O) groups excluding carboxylic acids is 1. The molecule has 0 atom stereocenters. The molecule has 0 radical (unpaired) electrons. The molecule has 1 aromatic carbocycles. The second-order valence-electron chi connectivity index (χ2n) is 5.16. The standard InChI is InChI=1S/C15H16N2O6/c1-21-14(18)9-13-15(16-4-6-22-7-5-16)11-8-10(17(19)20)2-3-12(11)23-13/h2-3,8H,4-7,9H2,1H3. The Morgan fingerprint density at radius 1 is 1.39 bits per heavy atom. The van der Waals surface area contributed by atoms with Gasteiger partial charge in [0.15, 0.2) is 0 Å². The summed E-state index contributed by atoms with van der Waals surface area (Å²) in [5.41, 5.74) is 1.20. The molecule has 0 aliphatic carbocycles. The molecule has 1 fully saturated rings. The summed E-state index contributed by atoms with van der Waals surface area (Å²) >= 11 is 0. The lowest BCUT2D eigenvalue weighted by Crippen LogP contribution is -2.36. The molecule has 0 amide bonds. The van der Waals surface area contributed by atoms with Crippen molar-refractivity contribution in [3.05, 3.63) is 34.1 Å². The number of ether oxygens (including phenoxy) is 2. The highest BCUT2D eigenvalue weighted by atomic mass is 16.6. The van der Waals surface area contributed by atoms with Crippen molar-refractivity contribution in [2.45, 2.75) is 6.42 Å². The van der Waals surface area contributed by atoms with E-state index >= 15 is 0 Å². The number of nitro groups is 1. The van der Waals surface area contributed by atoms with Gasteiger partial charge in [-0.2, -0.15) is 0 Å². The van der Waals surface area contributed by atoms with Gasteiger partial charge in [-0.15, -0.1) is 0 Å². The highest BCUT2D eigenvalue weighted by Gasteiger charge is 2.25. The largest absolute Gasteiger partial charge is 0.469 e. The Labute approximate surface area is 131 Å². The zero-order valence-corrected chi connectivity index (χ0v) is 12.6. The van der Waals surface area contributed by atoms with E-state index in [0.29, 0.717) is 48.7 Å². The van der Waals surface area contributed by atoms with Crippen LogP contribution in [0.15, 0.2) is 22.6 Å². The van der Waals surface area contributed by atoms with Crippen LogP contribution in [0.3, 0.4) is 0 Å². The van der Waals surface area contributed by atoms with E-state index in [-0.39, 0.29) is 12.1 Å². The third-order valence-corrected chi connectivity index (χ3v) is 3.79. The summed E-state index contributed by atoms with van der Waals surface area (Å²) in [5.74, 6) is 0.0299. The first-order chi connectivity index (χ1) is 11.1. The number of methoxy groups -OCH3 is 1. The minimum atomic E-state index is -0.449. The molecule has 0 saturated carbocycles. The number of carbonyl (C=O) groups is 1. The van der Waals surface area contributed by atoms with Crippen molar-refractivity contribution >= 4 is 28.3 Å². The summed E-state index contributed by atoms with van der Waals surface area (Å²) in [6.45, 7) is 2.37. The third-order valence-electron chi connectivity index (χ3n) is 3.79. The number of non-ortho nitro benzene ring substituents is 1. The molecule has 1 saturated heterocycles. The number of nitrogens with zero attached hydrogens (tertiary/aromatic N) is 2. The summed E-state index contributed by atoms with van der Waals surface area (Å²) < 4.78 is 15.8. The second-order valence-corrected chi connectivity index (χ2v) is 5.16. The molecule has 122 valence electrons. The lowest BCUT2D eigenvalue weighted by molar-refractivity contribution is -0.384. The van der Waals surface area contributed by atoms with E-state index in [9.17, 15) is 14.9 Å². The van der Waals surface area contributed by atoms with Gasteiger partial charge in [0.05, 0.1) is 36.3 Å². The van der Waals surface area contributed by atoms with Crippen LogP contribution >= 0.6 is 0 Å². The molecular weight excluding hydrogens is 304 g/mol. The average Bonchev–Trinajstić information content (AvgIpc) is 2.92. The molecular formula is C15H16N2O6. The smallest absolute Gasteiger partial charge is 0.313 e. The Morgan fingerprint density at radius 2 is 2.13 bits per heavy atom. The SMILES string of the molecule is COC(=O)Cc1oc2ccc([N+](=O)[O-])cc2c1N1CCOCC1. The minimum absolute atomic E-state index is 0.0163. The van der Waals surface area contributed by atoms with Gasteiger partial charge in [0.25, 0.3) is 5.69 Å². The number of furan rings is 1. The van der Waals surface area contributed by atoms with E-state index in [1.165, 1.54) is 19.2 Å². The Kier molecular flexibility index (Phi) is 4.16. The van der Waals surface area contributed by atoms with Gasteiger partial charge in [-0.1, -0.05) is 0 Å². The van der Waals surface area contributed by atoms with Crippen LogP contribution in [0, 0.1) is 10.1 Å². The van der Waals surface area contributed by atoms with Crippen LogP contribution in [-0.2, 0) is 20.7 Å². The maximum Gasteiger partial charge on any atom is 0.313 e. The van der Waals surface area contributed by atoms with Gasteiger partial charge in [-0.3, -0.25) is 14.9 Å². The van der Waals surface area contributed by atoms with Gasteiger partial charge >= 0.3 is 5.97 Å². The molecule has 0 N–H and O–H groups in total. The lowest BCUT2D eigenvalue weighted by Gasteiger charge is -2.28. The number of fused-ring (bicyclic) bond motifs is 1. The van der Waals surface area contributed by atoms with Gasteiger partial charge in [-0.05, 0) is 6.07 Å². The molecule has 1 aliphatic heterocycles. The Morgan fingerprint density at radius 3 is 2.78 bits per heavy atom. The molecule has 0 spiro atoms. The van der Waals surface area contributed by atoms with E-state index in [1.807, 2.05) is 4.90 Å². The normalized spacial score (nSPS) is 14.9. The molecule has 2 heterocycles.